The molecule has 2 fully saturated rings. The van der Waals surface area contributed by atoms with Crippen LogP contribution < -0.4 is 10.2 Å². The lowest BCUT2D eigenvalue weighted by Crippen LogP contribution is -2.46. The van der Waals surface area contributed by atoms with Crippen LogP contribution in [0.25, 0.3) is 0 Å². The molecule has 0 atom stereocenters. The lowest BCUT2D eigenvalue weighted by molar-refractivity contribution is -0.121. The molecule has 7 nitrogen and oxygen atoms in total. The van der Waals surface area contributed by atoms with Gasteiger partial charge in [-0.05, 0) is 25.0 Å². The molecule has 2 aromatic heterocycles. The molecule has 4 rings (SSSR count). The van der Waals surface area contributed by atoms with Crippen molar-refractivity contribution in [1.82, 2.24) is 25.4 Å². The first-order valence-corrected chi connectivity index (χ1v) is 10.3. The number of amides is 1. The summed E-state index contributed by atoms with van der Waals surface area (Å²) in [4.78, 5) is 20.1. The van der Waals surface area contributed by atoms with Gasteiger partial charge in [-0.3, -0.25) is 9.69 Å². The van der Waals surface area contributed by atoms with Gasteiger partial charge in [0, 0.05) is 50.7 Å². The molecule has 1 aliphatic carbocycles. The minimum Gasteiger partial charge on any atom is -0.364 e. The van der Waals surface area contributed by atoms with E-state index >= 15 is 0 Å². The summed E-state index contributed by atoms with van der Waals surface area (Å²) in [7, 11) is 0. The molecule has 1 saturated heterocycles. The molecule has 1 saturated carbocycles. The zero-order chi connectivity index (χ0) is 17.8. The Morgan fingerprint density at radius 2 is 2.04 bits per heavy atom. The van der Waals surface area contributed by atoms with Crippen molar-refractivity contribution in [2.24, 2.45) is 0 Å². The number of anilines is 1. The highest BCUT2D eigenvalue weighted by atomic mass is 32.1. The Hall–Kier alpha value is -1.93. The highest BCUT2D eigenvalue weighted by molar-refractivity contribution is 7.15. The van der Waals surface area contributed by atoms with Gasteiger partial charge in [-0.2, -0.15) is 0 Å². The Balaban J connectivity index is 1.25. The number of carbonyl (C=O) groups excluding carboxylic acids is 1. The number of H-pyrrole nitrogens is 1. The third-order valence-electron chi connectivity index (χ3n) is 5.19. The van der Waals surface area contributed by atoms with Crippen LogP contribution in [0.2, 0.25) is 0 Å². The first kappa shape index (κ1) is 17.5. The maximum Gasteiger partial charge on any atom is 0.227 e. The molecule has 1 aliphatic heterocycles. The Labute approximate surface area is 157 Å². The largest absolute Gasteiger partial charge is 0.364 e. The van der Waals surface area contributed by atoms with Gasteiger partial charge >= 0.3 is 0 Å². The third-order valence-corrected chi connectivity index (χ3v) is 6.17. The molecule has 0 aromatic carbocycles. The maximum atomic E-state index is 12.2. The Kier molecular flexibility index (Phi) is 5.50. The average Bonchev–Trinajstić information content (AvgIpc) is 3.38. The fourth-order valence-electron chi connectivity index (χ4n) is 3.73. The monoisotopic (exact) mass is 374 g/mol. The summed E-state index contributed by atoms with van der Waals surface area (Å²) < 4.78 is 0. The van der Waals surface area contributed by atoms with Crippen molar-refractivity contribution < 1.29 is 4.79 Å². The molecule has 1 amide bonds. The van der Waals surface area contributed by atoms with Gasteiger partial charge in [0.2, 0.25) is 11.0 Å². The van der Waals surface area contributed by atoms with Crippen LogP contribution in [-0.2, 0) is 17.8 Å². The topological polar surface area (TPSA) is 77.2 Å². The number of nitrogens with one attached hydrogen (secondary N) is 2. The van der Waals surface area contributed by atoms with Crippen molar-refractivity contribution in [3.05, 3.63) is 29.0 Å². The molecule has 0 unspecified atom stereocenters. The van der Waals surface area contributed by atoms with E-state index in [1.807, 2.05) is 12.3 Å². The van der Waals surface area contributed by atoms with E-state index in [1.165, 1.54) is 18.5 Å². The molecule has 140 valence electrons. The van der Waals surface area contributed by atoms with Gasteiger partial charge in [0.15, 0.2) is 0 Å². The Bertz CT molecular complexity index is 701. The number of hydrogen-bond donors (Lipinski definition) is 2. The normalized spacial score (nSPS) is 19.2. The number of nitrogens with zero attached hydrogens (tertiary/aromatic N) is 4. The summed E-state index contributed by atoms with van der Waals surface area (Å²) in [6.45, 7) is 4.88. The summed E-state index contributed by atoms with van der Waals surface area (Å²) in [5.41, 5.74) is 1.25. The highest BCUT2D eigenvalue weighted by Crippen LogP contribution is 2.23. The summed E-state index contributed by atoms with van der Waals surface area (Å²) in [5, 5.41) is 13.4. The molecule has 2 N–H and O–H groups in total. The second-order valence-electron chi connectivity index (χ2n) is 7.16. The van der Waals surface area contributed by atoms with Crippen LogP contribution in [0.1, 0.15) is 36.4 Å². The molecule has 2 aliphatic rings. The maximum absolute atomic E-state index is 12.2. The van der Waals surface area contributed by atoms with Gasteiger partial charge in [-0.1, -0.05) is 24.2 Å². The van der Waals surface area contributed by atoms with Crippen molar-refractivity contribution in [3.63, 3.8) is 0 Å². The van der Waals surface area contributed by atoms with E-state index in [0.717, 1.165) is 55.7 Å². The van der Waals surface area contributed by atoms with Gasteiger partial charge in [-0.25, -0.2) is 0 Å². The van der Waals surface area contributed by atoms with Crippen LogP contribution >= 0.6 is 11.3 Å². The van der Waals surface area contributed by atoms with Crippen molar-refractivity contribution in [2.75, 3.05) is 31.1 Å². The quantitative estimate of drug-likeness (QED) is 0.806. The first-order valence-electron chi connectivity index (χ1n) is 9.47. The predicted molar refractivity (Wildman–Crippen MR) is 102 cm³/mol. The van der Waals surface area contributed by atoms with Crippen LogP contribution in [0.4, 0.5) is 5.13 Å². The van der Waals surface area contributed by atoms with E-state index in [-0.39, 0.29) is 5.91 Å². The smallest absolute Gasteiger partial charge is 0.227 e. The second kappa shape index (κ2) is 8.18. The zero-order valence-electron chi connectivity index (χ0n) is 15.0. The molecule has 3 heterocycles. The van der Waals surface area contributed by atoms with E-state index in [2.05, 4.69) is 36.4 Å². The predicted octanol–water partition coefficient (Wildman–Crippen LogP) is 1.79. The van der Waals surface area contributed by atoms with Crippen molar-refractivity contribution in [3.8, 4) is 0 Å². The molecule has 2 aromatic rings. The summed E-state index contributed by atoms with van der Waals surface area (Å²) >= 11 is 1.55. The fraction of sp³-hybridized carbons (Fsp3) is 0.611. The van der Waals surface area contributed by atoms with Crippen molar-refractivity contribution in [1.29, 1.82) is 0 Å². The molecule has 0 spiro atoms. The highest BCUT2D eigenvalue weighted by Gasteiger charge is 2.22. The van der Waals surface area contributed by atoms with Gasteiger partial charge in [0.25, 0.3) is 0 Å². The van der Waals surface area contributed by atoms with E-state index in [0.29, 0.717) is 12.5 Å². The lowest BCUT2D eigenvalue weighted by Gasteiger charge is -2.34. The van der Waals surface area contributed by atoms with Crippen molar-refractivity contribution in [2.45, 2.75) is 44.7 Å². The number of hydrogen-bond acceptors (Lipinski definition) is 6. The van der Waals surface area contributed by atoms with Crippen molar-refractivity contribution >= 4 is 22.4 Å². The summed E-state index contributed by atoms with van der Waals surface area (Å²) in [5.74, 6) is 0.0790. The number of carbonyl (C=O) groups is 1. The number of piperazine rings is 1. The average molecular weight is 375 g/mol. The lowest BCUT2D eigenvalue weighted by atomic mass is 10.2. The Morgan fingerprint density at radius 3 is 2.77 bits per heavy atom. The van der Waals surface area contributed by atoms with Crippen LogP contribution in [0.15, 0.2) is 18.3 Å². The third kappa shape index (κ3) is 4.42. The molecule has 26 heavy (non-hydrogen) atoms. The SMILES string of the molecule is O=C(Cc1nnc(N2CCN(Cc3ccc[nH]3)CC2)s1)NC1CCCC1. The van der Waals surface area contributed by atoms with Gasteiger partial charge in [0.1, 0.15) is 5.01 Å². The molecule has 0 radical (unpaired) electrons. The number of rotatable bonds is 6. The van der Waals surface area contributed by atoms with Gasteiger partial charge in [-0.15, -0.1) is 10.2 Å². The minimum atomic E-state index is 0.0790. The van der Waals surface area contributed by atoms with E-state index in [1.54, 1.807) is 11.3 Å². The van der Waals surface area contributed by atoms with Crippen LogP contribution in [0.3, 0.4) is 0 Å². The number of aromatic nitrogens is 3. The molecular formula is C18H26N6OS. The van der Waals surface area contributed by atoms with Crippen LogP contribution in [0, 0.1) is 0 Å². The summed E-state index contributed by atoms with van der Waals surface area (Å²) in [6, 6.07) is 4.53. The zero-order valence-corrected chi connectivity index (χ0v) is 15.8. The number of aromatic amines is 1. The van der Waals surface area contributed by atoms with Gasteiger partial charge in [0.05, 0.1) is 6.42 Å². The van der Waals surface area contributed by atoms with Gasteiger partial charge < -0.3 is 15.2 Å². The first-order chi connectivity index (χ1) is 12.8. The van der Waals surface area contributed by atoms with E-state index < -0.39 is 0 Å². The Morgan fingerprint density at radius 1 is 1.23 bits per heavy atom. The van der Waals surface area contributed by atoms with E-state index in [9.17, 15) is 4.79 Å². The second-order valence-corrected chi connectivity index (χ2v) is 8.20. The molecule has 8 heteroatoms. The summed E-state index contributed by atoms with van der Waals surface area (Å²) in [6.07, 6.45) is 6.99. The van der Waals surface area contributed by atoms with Crippen LogP contribution in [-0.4, -0.2) is 58.2 Å². The molecule has 0 bridgehead atoms. The fourth-order valence-corrected chi connectivity index (χ4v) is 4.62. The molecular weight excluding hydrogens is 348 g/mol. The standard InChI is InChI=1S/C18H26N6OS/c25-16(20-14-4-1-2-5-14)12-17-21-22-18(26-17)24-10-8-23(9-11-24)13-15-6-3-7-19-15/h3,6-7,14,19H,1-2,4-5,8-13H2,(H,20,25). The van der Waals surface area contributed by atoms with E-state index in [4.69, 9.17) is 0 Å². The minimum absolute atomic E-state index is 0.0790. The van der Waals surface area contributed by atoms with Crippen LogP contribution in [0.5, 0.6) is 0 Å².